The molecule has 0 saturated heterocycles. The molecule has 15 heavy (non-hydrogen) atoms. The second kappa shape index (κ2) is 4.89. The summed E-state index contributed by atoms with van der Waals surface area (Å²) in [6.07, 6.45) is -2.79. The van der Waals surface area contributed by atoms with Crippen molar-refractivity contribution in [2.75, 3.05) is 5.73 Å². The van der Waals surface area contributed by atoms with Crippen molar-refractivity contribution in [2.45, 2.75) is 18.7 Å². The van der Waals surface area contributed by atoms with Gasteiger partial charge in [-0.3, -0.25) is 4.98 Å². The summed E-state index contributed by atoms with van der Waals surface area (Å²) in [6, 6.07) is 2.97. The van der Waals surface area contributed by atoms with Crippen LogP contribution in [-0.2, 0) is 12.3 Å². The number of aromatic nitrogens is 1. The van der Waals surface area contributed by atoms with E-state index in [-0.39, 0.29) is 29.2 Å². The molecule has 1 aromatic rings. The van der Waals surface area contributed by atoms with E-state index in [0.717, 1.165) is 6.07 Å². The minimum atomic E-state index is -2.69. The van der Waals surface area contributed by atoms with Gasteiger partial charge in [-0.2, -0.15) is 5.26 Å². The highest BCUT2D eigenvalue weighted by molar-refractivity contribution is 6.16. The Hall–Kier alpha value is -1.41. The average molecular weight is 232 g/mol. The number of nitrogens with two attached hydrogens (primary N) is 1. The van der Waals surface area contributed by atoms with E-state index in [1.165, 1.54) is 0 Å². The van der Waals surface area contributed by atoms with E-state index in [0.29, 0.717) is 5.69 Å². The van der Waals surface area contributed by atoms with Crippen LogP contribution in [0.25, 0.3) is 0 Å². The number of hydrogen-bond acceptors (Lipinski definition) is 3. The predicted octanol–water partition coefficient (Wildman–Crippen LogP) is 2.41. The Morgan fingerprint density at radius 2 is 2.27 bits per heavy atom. The van der Waals surface area contributed by atoms with Crippen LogP contribution >= 0.6 is 11.6 Å². The lowest BCUT2D eigenvalue weighted by Gasteiger charge is -2.09. The van der Waals surface area contributed by atoms with Gasteiger partial charge in [0, 0.05) is 5.56 Å². The van der Waals surface area contributed by atoms with Crippen LogP contribution in [0.3, 0.4) is 0 Å². The van der Waals surface area contributed by atoms with Gasteiger partial charge in [0.15, 0.2) is 0 Å². The maximum Gasteiger partial charge on any atom is 0.265 e. The lowest BCUT2D eigenvalue weighted by molar-refractivity contribution is 0.152. The molecule has 3 nitrogen and oxygen atoms in total. The fourth-order valence-corrected chi connectivity index (χ4v) is 1.29. The summed E-state index contributed by atoms with van der Waals surface area (Å²) < 4.78 is 25.1. The molecular formula is C9H8ClF2N3. The number of alkyl halides is 3. The van der Waals surface area contributed by atoms with Gasteiger partial charge in [-0.1, -0.05) is 0 Å². The molecule has 1 heterocycles. The molecule has 6 heteroatoms. The van der Waals surface area contributed by atoms with Crippen molar-refractivity contribution in [3.8, 4) is 6.07 Å². The lowest BCUT2D eigenvalue weighted by Crippen LogP contribution is -2.05. The van der Waals surface area contributed by atoms with Crippen molar-refractivity contribution < 1.29 is 8.78 Å². The van der Waals surface area contributed by atoms with E-state index in [9.17, 15) is 8.78 Å². The highest BCUT2D eigenvalue weighted by Crippen LogP contribution is 2.28. The molecule has 0 saturated carbocycles. The van der Waals surface area contributed by atoms with Gasteiger partial charge in [-0.05, 0) is 6.07 Å². The summed E-state index contributed by atoms with van der Waals surface area (Å²) >= 11 is 5.50. The molecule has 0 amide bonds. The zero-order valence-corrected chi connectivity index (χ0v) is 8.43. The normalized spacial score (nSPS) is 10.3. The van der Waals surface area contributed by atoms with Crippen LogP contribution in [0.15, 0.2) is 6.07 Å². The number of nitriles is 1. The number of anilines is 1. The van der Waals surface area contributed by atoms with Crippen molar-refractivity contribution in [3.63, 3.8) is 0 Å². The third-order valence-electron chi connectivity index (χ3n) is 1.84. The predicted molar refractivity (Wildman–Crippen MR) is 52.5 cm³/mol. The molecule has 80 valence electrons. The van der Waals surface area contributed by atoms with Crippen molar-refractivity contribution >= 4 is 17.3 Å². The molecule has 0 radical (unpaired) electrons. The van der Waals surface area contributed by atoms with Gasteiger partial charge in [0.05, 0.1) is 35.4 Å². The van der Waals surface area contributed by atoms with Gasteiger partial charge in [0.2, 0.25) is 0 Å². The summed E-state index contributed by atoms with van der Waals surface area (Å²) in [5, 5.41) is 8.47. The Morgan fingerprint density at radius 1 is 1.60 bits per heavy atom. The number of hydrogen-bond donors (Lipinski definition) is 1. The highest BCUT2D eigenvalue weighted by Gasteiger charge is 2.16. The van der Waals surface area contributed by atoms with Crippen molar-refractivity contribution in [3.05, 3.63) is 23.0 Å². The molecule has 1 aromatic heterocycles. The molecule has 0 bridgehead atoms. The SMILES string of the molecule is N#CCc1nc(CCl)cc(C(F)F)c1N. The van der Waals surface area contributed by atoms with Gasteiger partial charge in [0.1, 0.15) is 0 Å². The first-order valence-corrected chi connectivity index (χ1v) is 4.62. The number of pyridine rings is 1. The molecule has 0 unspecified atom stereocenters. The van der Waals surface area contributed by atoms with Crippen LogP contribution in [0.2, 0.25) is 0 Å². The highest BCUT2D eigenvalue weighted by atomic mass is 35.5. The summed E-state index contributed by atoms with van der Waals surface area (Å²) in [5.74, 6) is 0.0123. The first-order chi connectivity index (χ1) is 7.10. The number of nitrogen functional groups attached to an aromatic ring is 1. The summed E-state index contributed by atoms with van der Waals surface area (Å²) in [7, 11) is 0. The lowest BCUT2D eigenvalue weighted by atomic mass is 10.1. The summed E-state index contributed by atoms with van der Waals surface area (Å²) in [4.78, 5) is 3.91. The second-order valence-electron chi connectivity index (χ2n) is 2.83. The molecule has 1 rings (SSSR count). The van der Waals surface area contributed by atoms with Crippen LogP contribution in [0.1, 0.15) is 23.4 Å². The molecule has 0 fully saturated rings. The number of nitrogens with zero attached hydrogens (tertiary/aromatic N) is 2. The number of halogens is 3. The van der Waals surface area contributed by atoms with E-state index in [1.54, 1.807) is 0 Å². The Balaban J connectivity index is 3.28. The molecule has 2 N–H and O–H groups in total. The zero-order valence-electron chi connectivity index (χ0n) is 7.67. The van der Waals surface area contributed by atoms with Gasteiger partial charge in [-0.15, -0.1) is 11.6 Å². The Bertz CT molecular complexity index is 401. The van der Waals surface area contributed by atoms with Gasteiger partial charge < -0.3 is 5.73 Å². The Morgan fingerprint density at radius 3 is 2.73 bits per heavy atom. The average Bonchev–Trinajstić information content (AvgIpc) is 2.21. The monoisotopic (exact) mass is 231 g/mol. The van der Waals surface area contributed by atoms with Crippen LogP contribution in [-0.4, -0.2) is 4.98 Å². The van der Waals surface area contributed by atoms with E-state index in [1.807, 2.05) is 6.07 Å². The zero-order chi connectivity index (χ0) is 11.4. The molecule has 0 aromatic carbocycles. The fourth-order valence-electron chi connectivity index (χ4n) is 1.15. The Kier molecular flexibility index (Phi) is 3.81. The van der Waals surface area contributed by atoms with Gasteiger partial charge in [-0.25, -0.2) is 8.78 Å². The first kappa shape index (κ1) is 11.7. The van der Waals surface area contributed by atoms with Gasteiger partial charge in [0.25, 0.3) is 6.43 Å². The minimum Gasteiger partial charge on any atom is -0.397 e. The third kappa shape index (κ3) is 2.54. The van der Waals surface area contributed by atoms with Gasteiger partial charge >= 0.3 is 0 Å². The molecule has 0 aliphatic carbocycles. The van der Waals surface area contributed by atoms with Crippen LogP contribution < -0.4 is 5.73 Å². The van der Waals surface area contributed by atoms with E-state index in [4.69, 9.17) is 22.6 Å². The summed E-state index contributed by atoms with van der Waals surface area (Å²) in [5.41, 5.74) is 5.47. The Labute approximate surface area is 90.5 Å². The molecule has 0 atom stereocenters. The summed E-state index contributed by atoms with van der Waals surface area (Å²) in [6.45, 7) is 0. The maximum atomic E-state index is 12.5. The van der Waals surface area contributed by atoms with Crippen molar-refractivity contribution in [1.82, 2.24) is 4.98 Å². The number of rotatable bonds is 3. The smallest absolute Gasteiger partial charge is 0.265 e. The largest absolute Gasteiger partial charge is 0.397 e. The molecule has 0 spiro atoms. The molecule has 0 aliphatic heterocycles. The van der Waals surface area contributed by atoms with E-state index >= 15 is 0 Å². The first-order valence-electron chi connectivity index (χ1n) is 4.09. The topological polar surface area (TPSA) is 62.7 Å². The fraction of sp³-hybridized carbons (Fsp3) is 0.333. The van der Waals surface area contributed by atoms with E-state index < -0.39 is 6.43 Å². The minimum absolute atomic E-state index is 0.0123. The third-order valence-corrected chi connectivity index (χ3v) is 2.11. The van der Waals surface area contributed by atoms with E-state index in [2.05, 4.69) is 4.98 Å². The molecular weight excluding hydrogens is 224 g/mol. The standard InChI is InChI=1S/C9H8ClF2N3/c10-4-5-3-6(9(11)12)8(14)7(15-5)1-2-13/h3,9H,1,4,14H2. The second-order valence-corrected chi connectivity index (χ2v) is 3.10. The van der Waals surface area contributed by atoms with Crippen molar-refractivity contribution in [2.24, 2.45) is 0 Å². The van der Waals surface area contributed by atoms with Crippen LogP contribution in [0.4, 0.5) is 14.5 Å². The van der Waals surface area contributed by atoms with Crippen LogP contribution in [0.5, 0.6) is 0 Å². The molecule has 0 aliphatic rings. The maximum absolute atomic E-state index is 12.5. The van der Waals surface area contributed by atoms with Crippen molar-refractivity contribution in [1.29, 1.82) is 5.26 Å². The van der Waals surface area contributed by atoms with Crippen LogP contribution in [0, 0.1) is 11.3 Å². The quantitative estimate of drug-likeness (QED) is 0.813.